The van der Waals surface area contributed by atoms with Gasteiger partial charge in [0.15, 0.2) is 5.13 Å². The van der Waals surface area contributed by atoms with Crippen LogP contribution in [0.1, 0.15) is 45.1 Å². The number of carboxylic acid groups (broad SMARTS) is 1. The number of H-pyrrole nitrogens is 1. The number of carbonyl (C=O) groups excluding carboxylic acids is 1. The summed E-state index contributed by atoms with van der Waals surface area (Å²) in [5.74, 6) is 0.0734. The summed E-state index contributed by atoms with van der Waals surface area (Å²) in [6.45, 7) is 9.91. The molecule has 3 aromatic rings. The Bertz CT molecular complexity index is 1580. The second-order valence-corrected chi connectivity index (χ2v) is 14.4. The molecule has 16 heteroatoms. The number of aryl methyl sites for hydroxylation is 1. The average Bonchev–Trinajstić information content (AvgIpc) is 3.63. The minimum absolute atomic E-state index is 0.0991. The zero-order valence-electron chi connectivity index (χ0n) is 26.8. The molecule has 1 unspecified atom stereocenters. The first-order chi connectivity index (χ1) is 22.6. The van der Waals surface area contributed by atoms with Crippen molar-refractivity contribution in [2.45, 2.75) is 38.3 Å². The number of hydrogen-bond donors (Lipinski definition) is 3. The first-order valence-electron chi connectivity index (χ1n) is 16.0. The number of carboxylic acids is 1. The van der Waals surface area contributed by atoms with Crippen molar-refractivity contribution in [2.24, 2.45) is 5.92 Å². The molecule has 0 radical (unpaired) electrons. The number of amides is 1. The molecule has 0 saturated carbocycles. The molecule has 3 aromatic heterocycles. The van der Waals surface area contributed by atoms with Gasteiger partial charge in [-0.25, -0.2) is 19.7 Å². The van der Waals surface area contributed by atoms with E-state index in [0.717, 1.165) is 55.8 Å². The number of anilines is 2. The first kappa shape index (κ1) is 33.9. The summed E-state index contributed by atoms with van der Waals surface area (Å²) in [5, 5.41) is 14.1. The number of ether oxygens (including phenoxy) is 1. The minimum Gasteiger partial charge on any atom is -0.477 e. The molecule has 3 aliphatic heterocycles. The molecule has 254 valence electrons. The van der Waals surface area contributed by atoms with E-state index < -0.39 is 5.97 Å². The molecule has 0 bridgehead atoms. The summed E-state index contributed by atoms with van der Waals surface area (Å²) in [4.78, 5) is 51.5. The van der Waals surface area contributed by atoms with Crippen molar-refractivity contribution in [1.29, 1.82) is 0 Å². The lowest BCUT2D eigenvalue weighted by molar-refractivity contribution is 0.0540. The quantitative estimate of drug-likeness (QED) is 0.300. The normalized spacial score (nSPS) is 22.9. The minimum atomic E-state index is -1.07. The van der Waals surface area contributed by atoms with Gasteiger partial charge in [0.2, 0.25) is 0 Å². The van der Waals surface area contributed by atoms with Gasteiger partial charge in [-0.15, -0.1) is 0 Å². The number of aromatic nitrogens is 4. The van der Waals surface area contributed by atoms with Crippen LogP contribution in [0.4, 0.5) is 10.9 Å². The van der Waals surface area contributed by atoms with Crippen LogP contribution in [0.3, 0.4) is 0 Å². The lowest BCUT2D eigenvalue weighted by atomic mass is 9.97. The van der Waals surface area contributed by atoms with E-state index in [-0.39, 0.29) is 39.3 Å². The van der Waals surface area contributed by atoms with Crippen molar-refractivity contribution < 1.29 is 19.4 Å². The maximum atomic E-state index is 13.0. The summed E-state index contributed by atoms with van der Waals surface area (Å²) in [5.41, 5.74) is 1.52. The highest BCUT2D eigenvalue weighted by molar-refractivity contribution is 7.17. The van der Waals surface area contributed by atoms with E-state index in [1.54, 1.807) is 26.4 Å². The van der Waals surface area contributed by atoms with Crippen LogP contribution >= 0.6 is 34.5 Å². The summed E-state index contributed by atoms with van der Waals surface area (Å²) in [7, 11) is 3.79. The molecule has 6 heterocycles. The number of aromatic amines is 1. The van der Waals surface area contributed by atoms with Gasteiger partial charge in [-0.3, -0.25) is 9.69 Å². The van der Waals surface area contributed by atoms with Crippen molar-refractivity contribution in [1.82, 2.24) is 35.1 Å². The van der Waals surface area contributed by atoms with E-state index in [2.05, 4.69) is 42.0 Å². The number of piperidine rings is 2. The molecule has 0 spiro atoms. The Balaban J connectivity index is 1.08. The van der Waals surface area contributed by atoms with E-state index in [1.807, 2.05) is 4.90 Å². The Morgan fingerprint density at radius 2 is 1.85 bits per heavy atom. The third-order valence-corrected chi connectivity index (χ3v) is 11.4. The van der Waals surface area contributed by atoms with Crippen molar-refractivity contribution in [3.05, 3.63) is 38.7 Å². The zero-order valence-corrected chi connectivity index (χ0v) is 29.2. The predicted molar refractivity (Wildman–Crippen MR) is 183 cm³/mol. The Kier molecular flexibility index (Phi) is 10.5. The Morgan fingerprint density at radius 3 is 2.49 bits per heavy atom. The number of carbonyl (C=O) groups is 2. The van der Waals surface area contributed by atoms with E-state index in [1.165, 1.54) is 25.9 Å². The number of nitrogens with zero attached hydrogens (tertiary/aromatic N) is 7. The highest BCUT2D eigenvalue weighted by atomic mass is 35.5. The zero-order chi connectivity index (χ0) is 33.2. The second-order valence-electron chi connectivity index (χ2n) is 12.6. The molecule has 3 atom stereocenters. The van der Waals surface area contributed by atoms with Crippen LogP contribution in [0.25, 0.3) is 11.4 Å². The summed E-state index contributed by atoms with van der Waals surface area (Å²) in [6.07, 6.45) is 6.09. The standard InChI is InChI=1S/C31H41Cl2N9O4S/c1-18-24(32)25(33)27(36-18)29(43)37-20-6-8-42(17-22(20)46-3)31-38-26(28(47-31)30(44)45)21-13-35-23(14-34-21)41-11-9-40(10-12-41)16-19-5-4-7-39(2)15-19/h13-14,19-20,22,36H,4-12,15-17H2,1-3H3,(H,37,43)(H,44,45)/t19?,20-,22+/m1/s1. The first-order valence-corrected chi connectivity index (χ1v) is 17.5. The molecule has 3 fully saturated rings. The van der Waals surface area contributed by atoms with Gasteiger partial charge in [0.05, 0.1) is 34.6 Å². The van der Waals surface area contributed by atoms with Gasteiger partial charge in [0.25, 0.3) is 5.91 Å². The smallest absolute Gasteiger partial charge is 0.348 e. The molecule has 0 aromatic carbocycles. The fourth-order valence-corrected chi connectivity index (χ4v) is 8.14. The molecule has 1 amide bonds. The van der Waals surface area contributed by atoms with Crippen LogP contribution in [0, 0.1) is 12.8 Å². The fourth-order valence-electron chi connectivity index (χ4n) is 6.78. The summed E-state index contributed by atoms with van der Waals surface area (Å²) in [6, 6.07) is -0.296. The lowest BCUT2D eigenvalue weighted by Gasteiger charge is -2.38. The molecule has 6 rings (SSSR count). The van der Waals surface area contributed by atoms with Crippen LogP contribution in [0.15, 0.2) is 12.4 Å². The molecule has 3 N–H and O–H groups in total. The maximum absolute atomic E-state index is 13.0. The van der Waals surface area contributed by atoms with Crippen LogP contribution in [-0.4, -0.2) is 132 Å². The van der Waals surface area contributed by atoms with Crippen LogP contribution in [0.5, 0.6) is 0 Å². The number of hydrogen-bond acceptors (Lipinski definition) is 11. The predicted octanol–water partition coefficient (Wildman–Crippen LogP) is 3.73. The van der Waals surface area contributed by atoms with Crippen LogP contribution < -0.4 is 15.1 Å². The van der Waals surface area contributed by atoms with E-state index >= 15 is 0 Å². The van der Waals surface area contributed by atoms with Gasteiger partial charge in [-0.2, -0.15) is 0 Å². The Hall–Kier alpha value is -3.01. The van der Waals surface area contributed by atoms with Gasteiger partial charge in [-0.1, -0.05) is 34.5 Å². The number of nitrogens with one attached hydrogen (secondary N) is 2. The number of thiazole rings is 1. The Morgan fingerprint density at radius 1 is 1.06 bits per heavy atom. The second kappa shape index (κ2) is 14.6. The number of rotatable bonds is 9. The average molecular weight is 707 g/mol. The van der Waals surface area contributed by atoms with E-state index in [0.29, 0.717) is 41.1 Å². The molecule has 47 heavy (non-hydrogen) atoms. The van der Waals surface area contributed by atoms with Gasteiger partial charge < -0.3 is 34.8 Å². The summed E-state index contributed by atoms with van der Waals surface area (Å²) >= 11 is 13.5. The molecule has 0 aliphatic carbocycles. The van der Waals surface area contributed by atoms with Crippen molar-refractivity contribution in [3.63, 3.8) is 0 Å². The van der Waals surface area contributed by atoms with Crippen molar-refractivity contribution >= 4 is 57.4 Å². The number of aromatic carboxylic acids is 1. The fraction of sp³-hybridized carbons (Fsp3) is 0.581. The maximum Gasteiger partial charge on any atom is 0.348 e. The monoisotopic (exact) mass is 705 g/mol. The highest BCUT2D eigenvalue weighted by Crippen LogP contribution is 2.35. The van der Waals surface area contributed by atoms with E-state index in [4.69, 9.17) is 32.9 Å². The van der Waals surface area contributed by atoms with Crippen LogP contribution in [-0.2, 0) is 4.74 Å². The van der Waals surface area contributed by atoms with Crippen molar-refractivity contribution in [3.8, 4) is 11.4 Å². The van der Waals surface area contributed by atoms with Gasteiger partial charge >= 0.3 is 5.97 Å². The third-order valence-electron chi connectivity index (χ3n) is 9.36. The number of halogens is 2. The third kappa shape index (κ3) is 7.52. The van der Waals surface area contributed by atoms with Crippen molar-refractivity contribution in [2.75, 3.05) is 82.9 Å². The molecule has 3 aliphatic rings. The van der Waals surface area contributed by atoms with Gasteiger partial charge in [-0.05, 0) is 45.7 Å². The van der Waals surface area contributed by atoms with Crippen LogP contribution in [0.2, 0.25) is 10.0 Å². The molecule has 13 nitrogen and oxygen atoms in total. The highest BCUT2D eigenvalue weighted by Gasteiger charge is 2.34. The lowest BCUT2D eigenvalue weighted by Crippen LogP contribution is -2.55. The number of piperazine rings is 1. The number of likely N-dealkylation sites (tertiary alicyclic amines) is 1. The SMILES string of the molecule is CO[C@H]1CN(c2nc(-c3cnc(N4CCN(CC5CCCN(C)C5)CC4)cn3)c(C(=O)O)s2)CC[C@H]1NC(=O)c1[nH]c(C)c(Cl)c1Cl. The molecule has 3 saturated heterocycles. The van der Waals surface area contributed by atoms with Gasteiger partial charge in [0, 0.05) is 65.2 Å². The largest absolute Gasteiger partial charge is 0.477 e. The topological polar surface area (TPSA) is 143 Å². The Labute approximate surface area is 288 Å². The van der Waals surface area contributed by atoms with Gasteiger partial charge in [0.1, 0.15) is 27.8 Å². The number of methoxy groups -OCH3 is 1. The molecular formula is C31H41Cl2N9O4S. The summed E-state index contributed by atoms with van der Waals surface area (Å²) < 4.78 is 5.74. The van der Waals surface area contributed by atoms with E-state index in [9.17, 15) is 14.7 Å². The molecular weight excluding hydrogens is 665 g/mol.